The van der Waals surface area contributed by atoms with Crippen LogP contribution in [0.2, 0.25) is 5.02 Å². The highest BCUT2D eigenvalue weighted by Gasteiger charge is 2.29. The molecule has 37 heavy (non-hydrogen) atoms. The van der Waals surface area contributed by atoms with Crippen LogP contribution in [0.15, 0.2) is 42.5 Å². The van der Waals surface area contributed by atoms with Gasteiger partial charge in [0.25, 0.3) is 0 Å². The fraction of sp³-hybridized carbons (Fsp3) is 0.500. The SMILES string of the molecule is Cc1ccccc1CN(C(=O)CCCN(c1cc(Cl)ccc1C)S(C)(=O)=O)[C@@H](C)C(=O)NC1CCCC1. The second-order valence-corrected chi connectivity index (χ2v) is 12.3. The van der Waals surface area contributed by atoms with Crippen molar-refractivity contribution in [1.29, 1.82) is 0 Å². The van der Waals surface area contributed by atoms with E-state index in [1.165, 1.54) is 4.31 Å². The monoisotopic (exact) mass is 547 g/mol. The number of anilines is 1. The number of hydrogen-bond acceptors (Lipinski definition) is 4. The number of sulfonamides is 1. The quantitative estimate of drug-likeness (QED) is 0.430. The van der Waals surface area contributed by atoms with Crippen molar-refractivity contribution in [3.63, 3.8) is 0 Å². The zero-order chi connectivity index (χ0) is 27.2. The number of carbonyl (C=O) groups excluding carboxylic acids is 2. The minimum atomic E-state index is -3.59. The summed E-state index contributed by atoms with van der Waals surface area (Å²) in [5, 5.41) is 3.55. The normalized spacial score (nSPS) is 14.8. The summed E-state index contributed by atoms with van der Waals surface area (Å²) in [6.07, 6.45) is 5.71. The van der Waals surface area contributed by atoms with Crippen molar-refractivity contribution in [3.8, 4) is 0 Å². The number of nitrogens with one attached hydrogen (secondary N) is 1. The molecule has 1 aliphatic rings. The lowest BCUT2D eigenvalue weighted by atomic mass is 10.1. The highest BCUT2D eigenvalue weighted by molar-refractivity contribution is 7.92. The van der Waals surface area contributed by atoms with Crippen LogP contribution in [0.5, 0.6) is 0 Å². The molecule has 7 nitrogen and oxygen atoms in total. The van der Waals surface area contributed by atoms with Crippen molar-refractivity contribution in [2.75, 3.05) is 17.1 Å². The van der Waals surface area contributed by atoms with E-state index in [9.17, 15) is 18.0 Å². The summed E-state index contributed by atoms with van der Waals surface area (Å²) in [5.74, 6) is -0.338. The van der Waals surface area contributed by atoms with Crippen LogP contribution in [0.4, 0.5) is 5.69 Å². The van der Waals surface area contributed by atoms with E-state index in [-0.39, 0.29) is 30.8 Å². The van der Waals surface area contributed by atoms with E-state index in [1.807, 2.05) is 38.1 Å². The number of carbonyl (C=O) groups is 2. The fourth-order valence-corrected chi connectivity index (χ4v) is 5.96. The molecule has 1 fully saturated rings. The number of halogens is 1. The summed E-state index contributed by atoms with van der Waals surface area (Å²) < 4.78 is 26.5. The number of amides is 2. The van der Waals surface area contributed by atoms with Crippen LogP contribution >= 0.6 is 11.6 Å². The zero-order valence-electron chi connectivity index (χ0n) is 22.2. The van der Waals surface area contributed by atoms with Crippen LogP contribution in [0, 0.1) is 13.8 Å². The van der Waals surface area contributed by atoms with Crippen LogP contribution in [0.25, 0.3) is 0 Å². The molecular weight excluding hydrogens is 510 g/mol. The first-order valence-electron chi connectivity index (χ1n) is 12.9. The van der Waals surface area contributed by atoms with E-state index in [2.05, 4.69) is 5.32 Å². The summed E-state index contributed by atoms with van der Waals surface area (Å²) in [7, 11) is -3.59. The third kappa shape index (κ3) is 7.95. The molecule has 0 spiro atoms. The van der Waals surface area contributed by atoms with Gasteiger partial charge in [-0.2, -0.15) is 0 Å². The maximum atomic E-state index is 13.5. The summed E-state index contributed by atoms with van der Waals surface area (Å²) in [5.41, 5.74) is 3.30. The van der Waals surface area contributed by atoms with Gasteiger partial charge < -0.3 is 10.2 Å². The molecule has 1 atom stereocenters. The smallest absolute Gasteiger partial charge is 0.242 e. The Kier molecular flexibility index (Phi) is 10.0. The molecule has 0 unspecified atom stereocenters. The van der Waals surface area contributed by atoms with Gasteiger partial charge in [0.1, 0.15) is 6.04 Å². The Morgan fingerprint density at radius 3 is 2.41 bits per heavy atom. The lowest BCUT2D eigenvalue weighted by Crippen LogP contribution is -2.49. The minimum Gasteiger partial charge on any atom is -0.352 e. The molecule has 0 aromatic heterocycles. The summed E-state index contributed by atoms with van der Waals surface area (Å²) in [6.45, 7) is 6.02. The molecule has 9 heteroatoms. The molecule has 1 saturated carbocycles. The van der Waals surface area contributed by atoms with Crippen molar-refractivity contribution < 1.29 is 18.0 Å². The van der Waals surface area contributed by atoms with E-state index in [0.717, 1.165) is 48.6 Å². The predicted octanol–water partition coefficient (Wildman–Crippen LogP) is 4.98. The van der Waals surface area contributed by atoms with Crippen LogP contribution < -0.4 is 9.62 Å². The molecule has 2 amide bonds. The summed E-state index contributed by atoms with van der Waals surface area (Å²) in [6, 6.07) is 12.4. The number of benzene rings is 2. The molecule has 3 rings (SSSR count). The molecule has 0 radical (unpaired) electrons. The first-order valence-corrected chi connectivity index (χ1v) is 15.1. The number of hydrogen-bond donors (Lipinski definition) is 1. The Morgan fingerprint density at radius 2 is 1.76 bits per heavy atom. The third-order valence-corrected chi connectivity index (χ3v) is 8.48. The van der Waals surface area contributed by atoms with E-state index in [1.54, 1.807) is 30.0 Å². The van der Waals surface area contributed by atoms with Crippen molar-refractivity contribution in [2.24, 2.45) is 0 Å². The van der Waals surface area contributed by atoms with Crippen molar-refractivity contribution in [3.05, 3.63) is 64.2 Å². The van der Waals surface area contributed by atoms with E-state index < -0.39 is 16.1 Å². The van der Waals surface area contributed by atoms with Crippen molar-refractivity contribution in [2.45, 2.75) is 77.9 Å². The fourth-order valence-electron chi connectivity index (χ4n) is 4.78. The first-order chi connectivity index (χ1) is 17.5. The summed E-state index contributed by atoms with van der Waals surface area (Å²) in [4.78, 5) is 28.2. The average molecular weight is 548 g/mol. The van der Waals surface area contributed by atoms with Gasteiger partial charge in [-0.1, -0.05) is 54.8 Å². The molecule has 0 aliphatic heterocycles. The Labute approximate surface area is 226 Å². The zero-order valence-corrected chi connectivity index (χ0v) is 23.7. The molecule has 2 aromatic carbocycles. The van der Waals surface area contributed by atoms with Gasteiger partial charge in [0.15, 0.2) is 0 Å². The highest BCUT2D eigenvalue weighted by atomic mass is 35.5. The Bertz CT molecular complexity index is 1210. The second-order valence-electron chi connectivity index (χ2n) is 9.98. The lowest BCUT2D eigenvalue weighted by molar-refractivity contribution is -0.141. The molecule has 0 heterocycles. The number of rotatable bonds is 11. The molecule has 2 aromatic rings. The van der Waals surface area contributed by atoms with Crippen LogP contribution in [0.3, 0.4) is 0 Å². The second kappa shape index (κ2) is 12.8. The van der Waals surface area contributed by atoms with Gasteiger partial charge in [0.05, 0.1) is 11.9 Å². The largest absolute Gasteiger partial charge is 0.352 e. The number of nitrogens with zero attached hydrogens (tertiary/aromatic N) is 2. The Hall–Kier alpha value is -2.58. The first kappa shape index (κ1) is 29.0. The van der Waals surface area contributed by atoms with Gasteiger partial charge in [-0.05, 0) is 68.9 Å². The van der Waals surface area contributed by atoms with E-state index in [4.69, 9.17) is 11.6 Å². The van der Waals surface area contributed by atoms with Gasteiger partial charge in [0, 0.05) is 30.6 Å². The minimum absolute atomic E-state index is 0.110. The Balaban J connectivity index is 1.75. The van der Waals surface area contributed by atoms with Gasteiger partial charge in [0.2, 0.25) is 21.8 Å². The molecule has 202 valence electrons. The topological polar surface area (TPSA) is 86.8 Å². The average Bonchev–Trinajstić information content (AvgIpc) is 3.34. The van der Waals surface area contributed by atoms with Gasteiger partial charge >= 0.3 is 0 Å². The lowest BCUT2D eigenvalue weighted by Gasteiger charge is -2.31. The third-order valence-electron chi connectivity index (χ3n) is 7.06. The van der Waals surface area contributed by atoms with Crippen LogP contribution in [-0.2, 0) is 26.2 Å². The molecule has 1 N–H and O–H groups in total. The number of aryl methyl sites for hydroxylation is 2. The predicted molar refractivity (Wildman–Crippen MR) is 149 cm³/mol. The van der Waals surface area contributed by atoms with Crippen molar-refractivity contribution >= 4 is 39.1 Å². The van der Waals surface area contributed by atoms with Crippen molar-refractivity contribution in [1.82, 2.24) is 10.2 Å². The standard InChI is InChI=1S/C28H38ClN3O4S/c1-20-10-5-6-11-23(20)19-31(22(3)28(34)30-25-12-7-8-13-25)27(33)14-9-17-32(37(4,35)36)26-18-24(29)16-15-21(26)2/h5-6,10-11,15-16,18,22,25H,7-9,12-14,17,19H2,1-4H3,(H,30,34)/t22-/m0/s1. The molecule has 1 aliphatic carbocycles. The van der Waals surface area contributed by atoms with Gasteiger partial charge in [-0.3, -0.25) is 13.9 Å². The maximum absolute atomic E-state index is 13.5. The Morgan fingerprint density at radius 1 is 1.08 bits per heavy atom. The van der Waals surface area contributed by atoms with Gasteiger partial charge in [-0.15, -0.1) is 0 Å². The van der Waals surface area contributed by atoms with Crippen LogP contribution in [0.1, 0.15) is 62.1 Å². The van der Waals surface area contributed by atoms with E-state index >= 15 is 0 Å². The molecule has 0 bridgehead atoms. The maximum Gasteiger partial charge on any atom is 0.242 e. The highest BCUT2D eigenvalue weighted by Crippen LogP contribution is 2.27. The van der Waals surface area contributed by atoms with Crippen LogP contribution in [-0.4, -0.2) is 50.0 Å². The van der Waals surface area contributed by atoms with E-state index in [0.29, 0.717) is 23.7 Å². The summed E-state index contributed by atoms with van der Waals surface area (Å²) >= 11 is 6.13. The molecular formula is C28H38ClN3O4S. The van der Waals surface area contributed by atoms with Gasteiger partial charge in [-0.25, -0.2) is 8.42 Å². The molecule has 0 saturated heterocycles.